The molecule has 5 rings (SSSR count). The van der Waals surface area contributed by atoms with Gasteiger partial charge < -0.3 is 9.15 Å². The molecule has 3 heteroatoms. The third-order valence-corrected chi connectivity index (χ3v) is 5.04. The molecule has 2 heterocycles. The van der Waals surface area contributed by atoms with Crippen molar-refractivity contribution >= 4 is 11.0 Å². The van der Waals surface area contributed by atoms with Crippen molar-refractivity contribution in [2.75, 3.05) is 0 Å². The monoisotopic (exact) mass is 340 g/mol. The lowest BCUT2D eigenvalue weighted by atomic mass is 9.83. The first-order chi connectivity index (χ1) is 12.8. The molecule has 0 bridgehead atoms. The van der Waals surface area contributed by atoms with Gasteiger partial charge in [-0.1, -0.05) is 72.8 Å². The summed E-state index contributed by atoms with van der Waals surface area (Å²) in [5.41, 5.74) is 2.12. The molecule has 1 aliphatic heterocycles. The molecule has 3 nitrogen and oxygen atoms in total. The molecule has 0 fully saturated rings. The molecular weight excluding hydrogens is 324 g/mol. The van der Waals surface area contributed by atoms with Gasteiger partial charge in [0.15, 0.2) is 5.60 Å². The Labute approximate surface area is 150 Å². The van der Waals surface area contributed by atoms with Crippen LogP contribution in [0, 0.1) is 0 Å². The quantitative estimate of drug-likeness (QED) is 0.498. The minimum absolute atomic E-state index is 0.326. The summed E-state index contributed by atoms with van der Waals surface area (Å²) in [4.78, 5) is 12.6. The van der Waals surface area contributed by atoms with Crippen LogP contribution in [0.2, 0.25) is 0 Å². The second-order valence-electron chi connectivity index (χ2n) is 6.53. The molecule has 0 aliphatic carbocycles. The van der Waals surface area contributed by atoms with Crippen LogP contribution in [0.15, 0.2) is 94.1 Å². The Bertz CT molecular complexity index is 1100. The van der Waals surface area contributed by atoms with Gasteiger partial charge in [0, 0.05) is 17.5 Å². The first-order valence-electron chi connectivity index (χ1n) is 8.63. The van der Waals surface area contributed by atoms with Crippen LogP contribution in [0.3, 0.4) is 0 Å². The van der Waals surface area contributed by atoms with Gasteiger partial charge in [0.05, 0.1) is 10.9 Å². The second-order valence-corrected chi connectivity index (χ2v) is 6.53. The second kappa shape index (κ2) is 5.60. The third kappa shape index (κ3) is 2.10. The zero-order valence-corrected chi connectivity index (χ0v) is 14.0. The zero-order valence-electron chi connectivity index (χ0n) is 14.0. The van der Waals surface area contributed by atoms with Crippen LogP contribution in [0.25, 0.3) is 11.0 Å². The van der Waals surface area contributed by atoms with Gasteiger partial charge in [-0.25, -0.2) is 4.79 Å². The highest BCUT2D eigenvalue weighted by atomic mass is 16.5. The maximum Gasteiger partial charge on any atom is 0.343 e. The number of hydrogen-bond donors (Lipinski definition) is 0. The van der Waals surface area contributed by atoms with Crippen LogP contribution in [-0.4, -0.2) is 0 Å². The zero-order chi connectivity index (χ0) is 17.6. The van der Waals surface area contributed by atoms with Crippen LogP contribution in [0.1, 0.15) is 16.7 Å². The van der Waals surface area contributed by atoms with E-state index in [2.05, 4.69) is 0 Å². The third-order valence-electron chi connectivity index (χ3n) is 5.04. The molecule has 0 saturated carbocycles. The fourth-order valence-electron chi connectivity index (χ4n) is 3.79. The summed E-state index contributed by atoms with van der Waals surface area (Å²) in [5.74, 6) is 0.629. The molecular formula is C23H16O3. The first kappa shape index (κ1) is 15.0. The Morgan fingerprint density at radius 1 is 0.731 bits per heavy atom. The maximum absolute atomic E-state index is 12.6. The van der Waals surface area contributed by atoms with E-state index in [0.717, 1.165) is 16.5 Å². The highest BCUT2D eigenvalue weighted by Crippen LogP contribution is 2.47. The topological polar surface area (TPSA) is 39.4 Å². The lowest BCUT2D eigenvalue weighted by Crippen LogP contribution is -2.33. The fraction of sp³-hybridized carbons (Fsp3) is 0.0870. The summed E-state index contributed by atoms with van der Waals surface area (Å²) in [7, 11) is 0. The molecule has 1 aromatic heterocycles. The Balaban J connectivity index is 1.80. The normalized spacial score (nSPS) is 14.8. The highest BCUT2D eigenvalue weighted by molar-refractivity contribution is 5.85. The summed E-state index contributed by atoms with van der Waals surface area (Å²) in [6.45, 7) is 0. The van der Waals surface area contributed by atoms with Gasteiger partial charge in [-0.05, 0) is 12.1 Å². The lowest BCUT2D eigenvalue weighted by Gasteiger charge is -2.30. The summed E-state index contributed by atoms with van der Waals surface area (Å²) in [6, 6.07) is 27.6. The van der Waals surface area contributed by atoms with Crippen LogP contribution in [0.4, 0.5) is 0 Å². The molecule has 4 aromatic rings. The van der Waals surface area contributed by atoms with E-state index in [9.17, 15) is 4.79 Å². The molecule has 0 saturated heterocycles. The molecule has 0 amide bonds. The van der Waals surface area contributed by atoms with Gasteiger partial charge in [0.2, 0.25) is 0 Å². The van der Waals surface area contributed by atoms with Gasteiger partial charge in [-0.2, -0.15) is 0 Å². The predicted molar refractivity (Wildman–Crippen MR) is 100 cm³/mol. The highest BCUT2D eigenvalue weighted by Gasteiger charge is 2.45. The SMILES string of the molecule is O=c1oc2ccccc2c2c1CC(c1ccccc1)(c1ccccc1)O2. The molecule has 126 valence electrons. The number of benzene rings is 3. The Hall–Kier alpha value is -3.33. The van der Waals surface area contributed by atoms with Crippen molar-refractivity contribution in [1.29, 1.82) is 0 Å². The van der Waals surface area contributed by atoms with Crippen LogP contribution in [-0.2, 0) is 12.0 Å². The lowest BCUT2D eigenvalue weighted by molar-refractivity contribution is 0.142. The van der Waals surface area contributed by atoms with Crippen LogP contribution in [0.5, 0.6) is 5.75 Å². The smallest absolute Gasteiger partial charge is 0.343 e. The average molecular weight is 340 g/mol. The van der Waals surface area contributed by atoms with E-state index in [4.69, 9.17) is 9.15 Å². The number of rotatable bonds is 2. The minimum atomic E-state index is -0.732. The summed E-state index contributed by atoms with van der Waals surface area (Å²) < 4.78 is 12.1. The molecule has 0 spiro atoms. The first-order valence-corrected chi connectivity index (χ1v) is 8.63. The Morgan fingerprint density at radius 2 is 1.31 bits per heavy atom. The molecule has 26 heavy (non-hydrogen) atoms. The molecule has 3 aromatic carbocycles. The van der Waals surface area contributed by atoms with E-state index < -0.39 is 5.60 Å². The van der Waals surface area contributed by atoms with Gasteiger partial charge in [-0.3, -0.25) is 0 Å². The van der Waals surface area contributed by atoms with Crippen molar-refractivity contribution in [2.45, 2.75) is 12.0 Å². The standard InChI is InChI=1S/C23H16O3/c24-22-19-15-23(16-9-3-1-4-10-16,17-11-5-2-6-12-17)26-21(19)18-13-7-8-14-20(18)25-22/h1-14H,15H2. The predicted octanol–water partition coefficient (Wildman–Crippen LogP) is 4.67. The van der Waals surface area contributed by atoms with Gasteiger partial charge in [0.25, 0.3) is 0 Å². The number of hydrogen-bond acceptors (Lipinski definition) is 3. The summed E-state index contributed by atoms with van der Waals surface area (Å²) >= 11 is 0. The van der Waals surface area contributed by atoms with Gasteiger partial charge in [0.1, 0.15) is 11.3 Å². The number of fused-ring (bicyclic) bond motifs is 3. The van der Waals surface area contributed by atoms with E-state index in [1.807, 2.05) is 78.9 Å². The van der Waals surface area contributed by atoms with E-state index in [0.29, 0.717) is 23.3 Å². The summed E-state index contributed by atoms with van der Waals surface area (Å²) in [6.07, 6.45) is 0.448. The van der Waals surface area contributed by atoms with E-state index in [-0.39, 0.29) is 5.63 Å². The van der Waals surface area contributed by atoms with E-state index in [1.165, 1.54) is 0 Å². The van der Waals surface area contributed by atoms with Crippen molar-refractivity contribution in [3.63, 3.8) is 0 Å². The summed E-state index contributed by atoms with van der Waals surface area (Å²) in [5, 5.41) is 0.829. The van der Waals surface area contributed by atoms with Gasteiger partial charge in [-0.15, -0.1) is 0 Å². The largest absolute Gasteiger partial charge is 0.476 e. The maximum atomic E-state index is 12.6. The Kier molecular flexibility index (Phi) is 3.22. The van der Waals surface area contributed by atoms with Gasteiger partial charge >= 0.3 is 5.63 Å². The average Bonchev–Trinajstić information content (AvgIpc) is 3.13. The number of para-hydroxylation sites is 1. The van der Waals surface area contributed by atoms with E-state index in [1.54, 1.807) is 6.07 Å². The molecule has 0 unspecified atom stereocenters. The molecule has 0 N–H and O–H groups in total. The van der Waals surface area contributed by atoms with Crippen molar-refractivity contribution in [3.05, 3.63) is 112 Å². The van der Waals surface area contributed by atoms with Crippen molar-refractivity contribution in [2.24, 2.45) is 0 Å². The van der Waals surface area contributed by atoms with Crippen LogP contribution >= 0.6 is 0 Å². The molecule has 0 atom stereocenters. The van der Waals surface area contributed by atoms with Crippen LogP contribution < -0.4 is 10.4 Å². The number of ether oxygens (including phenoxy) is 1. The minimum Gasteiger partial charge on any atom is -0.476 e. The van der Waals surface area contributed by atoms with Crippen molar-refractivity contribution in [1.82, 2.24) is 0 Å². The fourth-order valence-corrected chi connectivity index (χ4v) is 3.79. The van der Waals surface area contributed by atoms with Crippen molar-refractivity contribution < 1.29 is 9.15 Å². The van der Waals surface area contributed by atoms with Crippen molar-refractivity contribution in [3.8, 4) is 5.75 Å². The molecule has 1 aliphatic rings. The Morgan fingerprint density at radius 3 is 1.96 bits per heavy atom. The molecule has 0 radical (unpaired) electrons. The van der Waals surface area contributed by atoms with E-state index >= 15 is 0 Å².